The number of nitro benzene ring substituents is 1. The van der Waals surface area contributed by atoms with E-state index in [2.05, 4.69) is 10.4 Å². The Labute approximate surface area is 124 Å². The van der Waals surface area contributed by atoms with Gasteiger partial charge in [-0.2, -0.15) is 5.10 Å². The molecule has 0 saturated heterocycles. The van der Waals surface area contributed by atoms with Crippen LogP contribution in [-0.2, 0) is 13.6 Å². The summed E-state index contributed by atoms with van der Waals surface area (Å²) in [7, 11) is 1.75. The average molecular weight is 311 g/mol. The van der Waals surface area contributed by atoms with Crippen molar-refractivity contribution in [1.82, 2.24) is 9.78 Å². The van der Waals surface area contributed by atoms with Gasteiger partial charge in [-0.05, 0) is 0 Å². The number of aromatic carboxylic acids is 1. The van der Waals surface area contributed by atoms with Gasteiger partial charge in [0.25, 0.3) is 5.69 Å². The van der Waals surface area contributed by atoms with Gasteiger partial charge in [0, 0.05) is 37.5 Å². The van der Waals surface area contributed by atoms with Gasteiger partial charge in [-0.25, -0.2) is 4.79 Å². The summed E-state index contributed by atoms with van der Waals surface area (Å²) in [6.07, 6.45) is 3.37. The first kappa shape index (κ1) is 14.8. The quantitative estimate of drug-likeness (QED) is 0.647. The lowest BCUT2D eigenvalue weighted by atomic mass is 10.1. The molecule has 1 aromatic heterocycles. The first-order valence-corrected chi connectivity index (χ1v) is 6.19. The predicted octanol–water partition coefficient (Wildman–Crippen LogP) is 2.29. The highest BCUT2D eigenvalue weighted by Crippen LogP contribution is 2.31. The van der Waals surface area contributed by atoms with Gasteiger partial charge in [-0.15, -0.1) is 0 Å². The number of anilines is 1. The first-order valence-electron chi connectivity index (χ1n) is 5.81. The molecule has 0 saturated carbocycles. The number of hydrogen-bond donors (Lipinski definition) is 2. The number of aryl methyl sites for hydroxylation is 1. The van der Waals surface area contributed by atoms with Crippen LogP contribution < -0.4 is 5.32 Å². The maximum atomic E-state index is 11.2. The van der Waals surface area contributed by atoms with E-state index in [0.717, 1.165) is 17.7 Å². The van der Waals surface area contributed by atoms with Crippen LogP contribution in [0.1, 0.15) is 15.9 Å². The average Bonchev–Trinajstić information content (AvgIpc) is 2.82. The van der Waals surface area contributed by atoms with Crippen LogP contribution in [0.25, 0.3) is 0 Å². The Kier molecular flexibility index (Phi) is 4.08. The van der Waals surface area contributed by atoms with Crippen LogP contribution in [0.15, 0.2) is 24.5 Å². The Balaban J connectivity index is 2.33. The second kappa shape index (κ2) is 5.80. The van der Waals surface area contributed by atoms with E-state index in [1.54, 1.807) is 24.1 Å². The number of carboxylic acid groups (broad SMARTS) is 1. The van der Waals surface area contributed by atoms with Crippen molar-refractivity contribution in [2.45, 2.75) is 6.54 Å². The van der Waals surface area contributed by atoms with Gasteiger partial charge in [-0.1, -0.05) is 11.6 Å². The second-order valence-corrected chi connectivity index (χ2v) is 4.70. The lowest BCUT2D eigenvalue weighted by Gasteiger charge is -2.10. The lowest BCUT2D eigenvalue weighted by molar-refractivity contribution is -0.384. The number of nitrogens with zero attached hydrogens (tertiary/aromatic N) is 3. The van der Waals surface area contributed by atoms with Gasteiger partial charge in [-0.3, -0.25) is 14.8 Å². The van der Waals surface area contributed by atoms with Gasteiger partial charge in [0.15, 0.2) is 0 Å². The molecular weight excluding hydrogens is 300 g/mol. The number of halogens is 1. The smallest absolute Gasteiger partial charge is 0.338 e. The third-order valence-corrected chi connectivity index (χ3v) is 3.04. The molecule has 21 heavy (non-hydrogen) atoms. The molecule has 0 unspecified atom stereocenters. The van der Waals surface area contributed by atoms with E-state index < -0.39 is 10.9 Å². The number of aromatic nitrogens is 2. The van der Waals surface area contributed by atoms with Gasteiger partial charge >= 0.3 is 5.97 Å². The molecule has 0 bridgehead atoms. The van der Waals surface area contributed by atoms with E-state index in [0.29, 0.717) is 6.54 Å². The molecule has 0 amide bonds. The summed E-state index contributed by atoms with van der Waals surface area (Å²) < 4.78 is 1.60. The van der Waals surface area contributed by atoms with Crippen molar-refractivity contribution in [2.75, 3.05) is 5.32 Å². The third-order valence-electron chi connectivity index (χ3n) is 2.74. The fourth-order valence-corrected chi connectivity index (χ4v) is 2.08. The number of hydrogen-bond acceptors (Lipinski definition) is 5. The maximum Gasteiger partial charge on any atom is 0.338 e. The lowest BCUT2D eigenvalue weighted by Crippen LogP contribution is -2.08. The third kappa shape index (κ3) is 3.29. The summed E-state index contributed by atoms with van der Waals surface area (Å²) in [6, 6.07) is 2.08. The van der Waals surface area contributed by atoms with Crippen molar-refractivity contribution >= 4 is 28.9 Å². The van der Waals surface area contributed by atoms with Gasteiger partial charge < -0.3 is 10.4 Å². The van der Waals surface area contributed by atoms with Crippen molar-refractivity contribution < 1.29 is 14.8 Å². The molecule has 0 atom stereocenters. The molecule has 0 spiro atoms. The standard InChI is InChI=1S/C12H11ClN4O4/c1-16-6-7(5-15-16)4-14-11-9(12(18)19)2-8(17(20)21)3-10(11)13/h2-3,5-6,14H,4H2,1H3,(H,18,19). The maximum absolute atomic E-state index is 11.2. The fraction of sp³-hybridized carbons (Fsp3) is 0.167. The molecule has 110 valence electrons. The molecule has 1 heterocycles. The van der Waals surface area contributed by atoms with Crippen molar-refractivity contribution in [3.63, 3.8) is 0 Å². The van der Waals surface area contributed by atoms with E-state index in [4.69, 9.17) is 16.7 Å². The van der Waals surface area contributed by atoms with Crippen LogP contribution in [0.5, 0.6) is 0 Å². The minimum absolute atomic E-state index is 0.0227. The zero-order valence-electron chi connectivity index (χ0n) is 10.9. The number of carbonyl (C=O) groups is 1. The molecule has 0 radical (unpaired) electrons. The number of nitrogens with one attached hydrogen (secondary N) is 1. The highest BCUT2D eigenvalue weighted by Gasteiger charge is 2.20. The summed E-state index contributed by atoms with van der Waals surface area (Å²) in [5.41, 5.74) is 0.337. The number of nitro groups is 1. The predicted molar refractivity (Wildman–Crippen MR) is 75.6 cm³/mol. The Hall–Kier alpha value is -2.61. The fourth-order valence-electron chi connectivity index (χ4n) is 1.80. The molecule has 0 aliphatic heterocycles. The largest absolute Gasteiger partial charge is 0.478 e. The molecule has 0 fully saturated rings. The molecule has 1 aromatic carbocycles. The summed E-state index contributed by atoms with van der Waals surface area (Å²) in [5.74, 6) is -1.30. The van der Waals surface area contributed by atoms with Crippen LogP contribution in [0, 0.1) is 10.1 Å². The van der Waals surface area contributed by atoms with Crippen molar-refractivity contribution in [1.29, 1.82) is 0 Å². The molecule has 9 heteroatoms. The number of non-ortho nitro benzene ring substituents is 1. The Morgan fingerprint density at radius 1 is 1.57 bits per heavy atom. The molecule has 2 rings (SSSR count). The normalized spacial score (nSPS) is 10.4. The number of carboxylic acids is 1. The second-order valence-electron chi connectivity index (χ2n) is 4.29. The summed E-state index contributed by atoms with van der Waals surface area (Å²) in [6.45, 7) is 0.297. The van der Waals surface area contributed by atoms with Crippen LogP contribution in [-0.4, -0.2) is 25.8 Å². The minimum atomic E-state index is -1.30. The summed E-state index contributed by atoms with van der Waals surface area (Å²) >= 11 is 5.94. The van der Waals surface area contributed by atoms with E-state index in [9.17, 15) is 14.9 Å². The van der Waals surface area contributed by atoms with E-state index in [1.165, 1.54) is 0 Å². The molecule has 0 aliphatic carbocycles. The zero-order valence-corrected chi connectivity index (χ0v) is 11.7. The highest BCUT2D eigenvalue weighted by atomic mass is 35.5. The first-order chi connectivity index (χ1) is 9.88. The molecule has 2 N–H and O–H groups in total. The van der Waals surface area contributed by atoms with Crippen LogP contribution in [0.3, 0.4) is 0 Å². The van der Waals surface area contributed by atoms with Gasteiger partial charge in [0.05, 0.1) is 27.4 Å². The molecule has 8 nitrogen and oxygen atoms in total. The van der Waals surface area contributed by atoms with E-state index >= 15 is 0 Å². The minimum Gasteiger partial charge on any atom is -0.478 e. The number of rotatable bonds is 5. The monoisotopic (exact) mass is 310 g/mol. The van der Waals surface area contributed by atoms with Crippen molar-refractivity contribution in [2.24, 2.45) is 7.05 Å². The molecular formula is C12H11ClN4O4. The van der Waals surface area contributed by atoms with Crippen LogP contribution in [0.4, 0.5) is 11.4 Å². The van der Waals surface area contributed by atoms with Gasteiger partial charge in [0.1, 0.15) is 0 Å². The van der Waals surface area contributed by atoms with E-state index in [1.807, 2.05) is 0 Å². The molecule has 2 aromatic rings. The Morgan fingerprint density at radius 3 is 2.81 bits per heavy atom. The van der Waals surface area contributed by atoms with Crippen molar-refractivity contribution in [3.05, 3.63) is 50.8 Å². The topological polar surface area (TPSA) is 110 Å². The Morgan fingerprint density at radius 2 is 2.29 bits per heavy atom. The van der Waals surface area contributed by atoms with Crippen LogP contribution >= 0.6 is 11.6 Å². The number of benzene rings is 1. The summed E-state index contributed by atoms with van der Waals surface area (Å²) in [5, 5.41) is 26.7. The molecule has 0 aliphatic rings. The zero-order chi connectivity index (χ0) is 15.6. The SMILES string of the molecule is Cn1cc(CNc2c(Cl)cc([N+](=O)[O-])cc2C(=O)O)cn1. The highest BCUT2D eigenvalue weighted by molar-refractivity contribution is 6.34. The van der Waals surface area contributed by atoms with Gasteiger partial charge in [0.2, 0.25) is 0 Å². The van der Waals surface area contributed by atoms with Crippen LogP contribution in [0.2, 0.25) is 5.02 Å². The summed E-state index contributed by atoms with van der Waals surface area (Å²) in [4.78, 5) is 21.3. The Bertz CT molecular complexity index is 713. The van der Waals surface area contributed by atoms with Crippen molar-refractivity contribution in [3.8, 4) is 0 Å². The van der Waals surface area contributed by atoms with E-state index in [-0.39, 0.29) is 22.0 Å².